The minimum absolute atomic E-state index is 0.0663. The van der Waals surface area contributed by atoms with Crippen molar-refractivity contribution >= 4 is 16.8 Å². The Labute approximate surface area is 281 Å². The Hall–Kier alpha value is -4.16. The van der Waals surface area contributed by atoms with Crippen LogP contribution in [-0.4, -0.2) is 66.2 Å². The van der Waals surface area contributed by atoms with Crippen LogP contribution in [0.25, 0.3) is 22.2 Å². The fourth-order valence-corrected chi connectivity index (χ4v) is 7.06. The minimum atomic E-state index is -4.83. The lowest BCUT2D eigenvalue weighted by molar-refractivity contribution is -0.155. The predicted octanol–water partition coefficient (Wildman–Crippen LogP) is 8.41. The molecule has 2 aliphatic rings. The zero-order valence-electron chi connectivity index (χ0n) is 27.1. The van der Waals surface area contributed by atoms with Gasteiger partial charge in [-0.25, -0.2) is 4.98 Å². The van der Waals surface area contributed by atoms with Gasteiger partial charge in [-0.2, -0.15) is 26.3 Å². The number of aromatic nitrogens is 1. The quantitative estimate of drug-likeness (QED) is 0.189. The van der Waals surface area contributed by atoms with Crippen LogP contribution in [-0.2, 0) is 12.7 Å². The van der Waals surface area contributed by atoms with E-state index in [2.05, 4.69) is 15.1 Å². The molecule has 0 spiro atoms. The van der Waals surface area contributed by atoms with Gasteiger partial charge in [-0.3, -0.25) is 9.69 Å². The van der Waals surface area contributed by atoms with Crippen LogP contribution in [0.2, 0.25) is 0 Å². The number of likely N-dealkylation sites (tertiary alicyclic amines) is 2. The van der Waals surface area contributed by atoms with Crippen molar-refractivity contribution < 1.29 is 35.9 Å². The minimum Gasteiger partial charge on any atom is -0.497 e. The fraction of sp³-hybridized carbons (Fsp3) is 0.405. The summed E-state index contributed by atoms with van der Waals surface area (Å²) in [6.07, 6.45) is -4.21. The average molecular weight is 685 g/mol. The normalized spacial score (nSPS) is 17.6. The van der Waals surface area contributed by atoms with Crippen LogP contribution in [0.15, 0.2) is 72.8 Å². The van der Waals surface area contributed by atoms with E-state index in [1.165, 1.54) is 56.0 Å². The van der Waals surface area contributed by atoms with Gasteiger partial charge in [0.25, 0.3) is 5.91 Å². The number of carbonyl (C=O) groups excluding carboxylic acids is 1. The molecule has 1 N–H and O–H groups in total. The Balaban J connectivity index is 1.48. The molecular formula is C37H38F6N4O2. The highest BCUT2D eigenvalue weighted by molar-refractivity contribution is 6.09. The molecule has 0 unspecified atom stereocenters. The number of halogens is 6. The summed E-state index contributed by atoms with van der Waals surface area (Å²) >= 11 is 0. The molecule has 0 radical (unpaired) electrons. The molecule has 2 saturated heterocycles. The lowest BCUT2D eigenvalue weighted by atomic mass is 9.93. The van der Waals surface area contributed by atoms with Crippen LogP contribution in [0.4, 0.5) is 26.3 Å². The maximum absolute atomic E-state index is 14.5. The molecule has 6 nitrogen and oxygen atoms in total. The molecule has 12 heteroatoms. The van der Waals surface area contributed by atoms with Crippen molar-refractivity contribution in [2.45, 2.75) is 63.1 Å². The van der Waals surface area contributed by atoms with Crippen molar-refractivity contribution in [3.63, 3.8) is 0 Å². The summed E-state index contributed by atoms with van der Waals surface area (Å²) in [5.74, 6) is -0.637. The van der Waals surface area contributed by atoms with Crippen LogP contribution >= 0.6 is 0 Å². The maximum atomic E-state index is 14.5. The lowest BCUT2D eigenvalue weighted by Gasteiger charge is -2.40. The van der Waals surface area contributed by atoms with Crippen LogP contribution < -0.4 is 10.1 Å². The first-order valence-corrected chi connectivity index (χ1v) is 16.5. The molecule has 3 aromatic carbocycles. The third-order valence-corrected chi connectivity index (χ3v) is 9.57. The first-order chi connectivity index (χ1) is 23.4. The van der Waals surface area contributed by atoms with Gasteiger partial charge in [0.05, 0.1) is 29.4 Å². The molecule has 1 amide bonds. The molecule has 260 valence electrons. The van der Waals surface area contributed by atoms with Crippen LogP contribution in [0.5, 0.6) is 5.75 Å². The van der Waals surface area contributed by atoms with E-state index in [1.54, 1.807) is 18.2 Å². The number of nitrogens with one attached hydrogen (secondary N) is 1. The molecule has 6 rings (SSSR count). The number of methoxy groups -OCH3 is 1. The van der Waals surface area contributed by atoms with E-state index in [-0.39, 0.29) is 45.4 Å². The highest BCUT2D eigenvalue weighted by Gasteiger charge is 2.42. The summed E-state index contributed by atoms with van der Waals surface area (Å²) in [5, 5.41) is 2.49. The number of alkyl halides is 6. The fourth-order valence-electron chi connectivity index (χ4n) is 7.06. The molecule has 1 atom stereocenters. The van der Waals surface area contributed by atoms with Gasteiger partial charge in [-0.1, -0.05) is 48.9 Å². The number of fused-ring (bicyclic) bond motifs is 1. The molecule has 3 heterocycles. The maximum Gasteiger partial charge on any atom is 0.416 e. The van der Waals surface area contributed by atoms with Gasteiger partial charge in [0.2, 0.25) is 0 Å². The van der Waals surface area contributed by atoms with Crippen LogP contribution in [0.1, 0.15) is 65.2 Å². The third kappa shape index (κ3) is 7.86. The van der Waals surface area contributed by atoms with Crippen molar-refractivity contribution in [2.75, 3.05) is 33.3 Å². The van der Waals surface area contributed by atoms with Crippen molar-refractivity contribution in [3.05, 3.63) is 95.1 Å². The molecule has 2 aliphatic heterocycles. The van der Waals surface area contributed by atoms with Crippen molar-refractivity contribution in [1.82, 2.24) is 20.1 Å². The van der Waals surface area contributed by atoms with E-state index in [4.69, 9.17) is 9.72 Å². The molecule has 0 bridgehead atoms. The molecule has 0 aliphatic carbocycles. The largest absolute Gasteiger partial charge is 0.497 e. The Morgan fingerprint density at radius 1 is 0.898 bits per heavy atom. The smallest absolute Gasteiger partial charge is 0.416 e. The molecular weight excluding hydrogens is 646 g/mol. The van der Waals surface area contributed by atoms with E-state index in [0.717, 1.165) is 50.9 Å². The Bertz CT molecular complexity index is 1770. The van der Waals surface area contributed by atoms with Crippen LogP contribution in [0.3, 0.4) is 0 Å². The molecule has 0 saturated carbocycles. The van der Waals surface area contributed by atoms with E-state index >= 15 is 0 Å². The predicted molar refractivity (Wildman–Crippen MR) is 175 cm³/mol. The second-order valence-electron chi connectivity index (χ2n) is 12.7. The summed E-state index contributed by atoms with van der Waals surface area (Å²) in [4.78, 5) is 23.7. The Kier molecular flexibility index (Phi) is 10.2. The summed E-state index contributed by atoms with van der Waals surface area (Å²) < 4.78 is 90.6. The first-order valence-electron chi connectivity index (χ1n) is 16.5. The number of hydrogen-bond acceptors (Lipinski definition) is 5. The van der Waals surface area contributed by atoms with Crippen molar-refractivity contribution in [3.8, 4) is 17.0 Å². The second-order valence-corrected chi connectivity index (χ2v) is 12.7. The lowest BCUT2D eigenvalue weighted by Crippen LogP contribution is -2.46. The monoisotopic (exact) mass is 684 g/mol. The summed E-state index contributed by atoms with van der Waals surface area (Å²) in [6.45, 7) is 3.52. The van der Waals surface area contributed by atoms with Crippen molar-refractivity contribution in [2.24, 2.45) is 0 Å². The van der Waals surface area contributed by atoms with E-state index in [0.29, 0.717) is 24.9 Å². The Morgan fingerprint density at radius 2 is 1.61 bits per heavy atom. The number of ether oxygens (including phenoxy) is 1. The number of pyridine rings is 1. The Morgan fingerprint density at radius 3 is 2.27 bits per heavy atom. The van der Waals surface area contributed by atoms with E-state index < -0.39 is 29.9 Å². The summed E-state index contributed by atoms with van der Waals surface area (Å²) in [6, 6.07) is 14.5. The number of nitrogens with zero attached hydrogens (tertiary/aromatic N) is 3. The van der Waals surface area contributed by atoms with Gasteiger partial charge in [0.15, 0.2) is 6.04 Å². The van der Waals surface area contributed by atoms with E-state index in [1.807, 2.05) is 0 Å². The van der Waals surface area contributed by atoms with Gasteiger partial charge in [-0.15, -0.1) is 0 Å². The van der Waals surface area contributed by atoms with Gasteiger partial charge in [-0.05, 0) is 81.7 Å². The third-order valence-electron chi connectivity index (χ3n) is 9.57. The molecule has 2 fully saturated rings. The highest BCUT2D eigenvalue weighted by atomic mass is 19.4. The number of piperidine rings is 2. The number of rotatable bonds is 8. The molecule has 1 aromatic heterocycles. The summed E-state index contributed by atoms with van der Waals surface area (Å²) in [5.41, 5.74) is -0.461. The van der Waals surface area contributed by atoms with E-state index in [9.17, 15) is 31.1 Å². The number of hydrogen-bond donors (Lipinski definition) is 1. The first kappa shape index (κ1) is 34.7. The SMILES string of the molecule is COc1ccc2c(C(=O)N[C@H](c3ccccc3)C(F)(F)F)c(CN3CCC(N4CCCCC4)CC3)c(-c3cccc(C(F)(F)F)c3)nc2c1. The highest BCUT2D eigenvalue weighted by Crippen LogP contribution is 2.38. The average Bonchev–Trinajstić information content (AvgIpc) is 3.10. The molecule has 4 aromatic rings. The number of carbonyl (C=O) groups is 1. The zero-order chi connectivity index (χ0) is 34.8. The topological polar surface area (TPSA) is 57.7 Å². The van der Waals surface area contributed by atoms with Crippen LogP contribution in [0, 0.1) is 0 Å². The zero-order valence-corrected chi connectivity index (χ0v) is 27.1. The molecule has 49 heavy (non-hydrogen) atoms. The van der Waals surface area contributed by atoms with Gasteiger partial charge >= 0.3 is 12.4 Å². The van der Waals surface area contributed by atoms with Gasteiger partial charge in [0.1, 0.15) is 5.75 Å². The second kappa shape index (κ2) is 14.4. The summed E-state index contributed by atoms with van der Waals surface area (Å²) in [7, 11) is 1.43. The van der Waals surface area contributed by atoms with Gasteiger partial charge in [0, 0.05) is 35.2 Å². The van der Waals surface area contributed by atoms with Crippen molar-refractivity contribution in [1.29, 1.82) is 0 Å². The standard InChI is InChI=1S/C37H38F6N4O2/c1-49-28-13-14-29-31(22-28)44-33(25-11-8-12-26(21-25)36(38,39)40)30(23-46-19-15-27(16-20-46)47-17-6-3-7-18-47)32(29)35(48)45-34(37(41,42)43)24-9-4-2-5-10-24/h2,4-5,8-14,21-22,27,34H,3,6-7,15-20,23H2,1H3,(H,45,48)/t34-/m1/s1. The number of benzene rings is 3. The van der Waals surface area contributed by atoms with Gasteiger partial charge < -0.3 is 15.0 Å². The number of amides is 1.